The van der Waals surface area contributed by atoms with Gasteiger partial charge in [0.05, 0.1) is 17.8 Å². The minimum Gasteiger partial charge on any atom is -0.297 e. The number of thiazole rings is 1. The number of hydrogen-bond donors (Lipinski definition) is 1. The van der Waals surface area contributed by atoms with E-state index in [1.165, 1.54) is 11.3 Å². The summed E-state index contributed by atoms with van der Waals surface area (Å²) in [5, 5.41) is 6.65. The molecular formula is C15H13ClN4OS. The number of hydrazone groups is 1. The highest BCUT2D eigenvalue weighted by Gasteiger charge is 2.08. The van der Waals surface area contributed by atoms with Crippen LogP contribution in [0.25, 0.3) is 4.96 Å². The molecule has 0 saturated heterocycles. The molecule has 1 aromatic carbocycles. The number of carbonyl (C=O) groups is 1. The standard InChI is InChI=1S/C15H13ClN4OS/c1-10(12-4-2-3-5-13(12)16)18-19-14(21)8-11-9-20-6-7-22-15(20)17-11/h2-7,9H,8H2,1H3,(H,19,21)/b18-10+. The minimum atomic E-state index is -0.211. The maximum Gasteiger partial charge on any atom is 0.246 e. The number of carbonyl (C=O) groups excluding carboxylic acids is 1. The van der Waals surface area contributed by atoms with Crippen molar-refractivity contribution >= 4 is 39.5 Å². The topological polar surface area (TPSA) is 58.8 Å². The predicted octanol–water partition coefficient (Wildman–Crippen LogP) is 3.13. The Bertz CT molecular complexity index is 823. The van der Waals surface area contributed by atoms with Crippen LogP contribution in [0.1, 0.15) is 18.2 Å². The molecule has 0 fully saturated rings. The van der Waals surface area contributed by atoms with E-state index in [0.717, 1.165) is 16.2 Å². The Morgan fingerprint density at radius 3 is 3.05 bits per heavy atom. The number of nitrogens with one attached hydrogen (secondary N) is 1. The fourth-order valence-corrected chi connectivity index (χ4v) is 3.02. The number of aromatic nitrogens is 2. The summed E-state index contributed by atoms with van der Waals surface area (Å²) >= 11 is 7.62. The molecular weight excluding hydrogens is 320 g/mol. The Balaban J connectivity index is 1.65. The Morgan fingerprint density at radius 2 is 2.27 bits per heavy atom. The van der Waals surface area contributed by atoms with Crippen molar-refractivity contribution in [2.45, 2.75) is 13.3 Å². The average Bonchev–Trinajstić information content (AvgIpc) is 3.06. The summed E-state index contributed by atoms with van der Waals surface area (Å²) in [7, 11) is 0. The lowest BCUT2D eigenvalue weighted by atomic mass is 10.1. The van der Waals surface area contributed by atoms with Gasteiger partial charge in [-0.3, -0.25) is 9.20 Å². The molecule has 1 amide bonds. The predicted molar refractivity (Wildman–Crippen MR) is 88.6 cm³/mol. The van der Waals surface area contributed by atoms with E-state index in [0.29, 0.717) is 10.7 Å². The molecule has 2 heterocycles. The lowest BCUT2D eigenvalue weighted by Gasteiger charge is -2.04. The van der Waals surface area contributed by atoms with Gasteiger partial charge in [0.1, 0.15) is 0 Å². The highest BCUT2D eigenvalue weighted by molar-refractivity contribution is 7.15. The second kappa shape index (κ2) is 6.29. The molecule has 0 atom stereocenters. The molecule has 3 aromatic rings. The number of benzene rings is 1. The molecule has 0 bridgehead atoms. The van der Waals surface area contributed by atoms with Crippen LogP contribution in [-0.2, 0) is 11.2 Å². The molecule has 0 aliphatic heterocycles. The molecule has 5 nitrogen and oxygen atoms in total. The monoisotopic (exact) mass is 332 g/mol. The molecule has 22 heavy (non-hydrogen) atoms. The molecule has 112 valence electrons. The molecule has 0 unspecified atom stereocenters. The molecule has 0 aliphatic rings. The zero-order valence-electron chi connectivity index (χ0n) is 11.8. The van der Waals surface area contributed by atoms with Crippen molar-refractivity contribution in [3.8, 4) is 0 Å². The van der Waals surface area contributed by atoms with E-state index < -0.39 is 0 Å². The fraction of sp³-hybridized carbons (Fsp3) is 0.133. The highest BCUT2D eigenvalue weighted by Crippen LogP contribution is 2.15. The van der Waals surface area contributed by atoms with Crippen molar-refractivity contribution in [1.29, 1.82) is 0 Å². The van der Waals surface area contributed by atoms with Crippen LogP contribution in [0.15, 0.2) is 47.1 Å². The van der Waals surface area contributed by atoms with E-state index in [2.05, 4.69) is 15.5 Å². The summed E-state index contributed by atoms with van der Waals surface area (Å²) < 4.78 is 1.89. The van der Waals surface area contributed by atoms with Gasteiger partial charge in [-0.25, -0.2) is 10.4 Å². The first-order chi connectivity index (χ1) is 10.6. The van der Waals surface area contributed by atoms with Crippen LogP contribution < -0.4 is 5.43 Å². The number of rotatable bonds is 4. The fourth-order valence-electron chi connectivity index (χ4n) is 2.03. The summed E-state index contributed by atoms with van der Waals surface area (Å²) in [5.74, 6) is -0.211. The van der Waals surface area contributed by atoms with Gasteiger partial charge in [-0.1, -0.05) is 29.8 Å². The zero-order valence-corrected chi connectivity index (χ0v) is 13.4. The van der Waals surface area contributed by atoms with Crippen LogP contribution >= 0.6 is 22.9 Å². The molecule has 0 aliphatic carbocycles. The average molecular weight is 333 g/mol. The van der Waals surface area contributed by atoms with Crippen molar-refractivity contribution < 1.29 is 4.79 Å². The van der Waals surface area contributed by atoms with Crippen molar-refractivity contribution in [3.05, 3.63) is 58.3 Å². The number of halogens is 1. The van der Waals surface area contributed by atoms with E-state index >= 15 is 0 Å². The van der Waals surface area contributed by atoms with E-state index in [1.54, 1.807) is 13.0 Å². The summed E-state index contributed by atoms with van der Waals surface area (Å²) in [6.07, 6.45) is 3.94. The van der Waals surface area contributed by atoms with Gasteiger partial charge in [-0.15, -0.1) is 11.3 Å². The Kier molecular flexibility index (Phi) is 4.22. The molecule has 3 rings (SSSR count). The number of amides is 1. The van der Waals surface area contributed by atoms with Crippen molar-refractivity contribution in [2.24, 2.45) is 5.10 Å². The third kappa shape index (κ3) is 3.18. The van der Waals surface area contributed by atoms with Gasteiger partial charge in [0.15, 0.2) is 4.96 Å². The molecule has 1 N–H and O–H groups in total. The van der Waals surface area contributed by atoms with E-state index in [1.807, 2.05) is 40.4 Å². The van der Waals surface area contributed by atoms with E-state index in [9.17, 15) is 4.79 Å². The number of hydrogen-bond acceptors (Lipinski definition) is 4. The summed E-state index contributed by atoms with van der Waals surface area (Å²) in [5.41, 5.74) is 4.71. The van der Waals surface area contributed by atoms with Gasteiger partial charge < -0.3 is 0 Å². The first kappa shape index (κ1) is 14.7. The Morgan fingerprint density at radius 1 is 1.45 bits per heavy atom. The molecule has 0 spiro atoms. The third-order valence-corrected chi connectivity index (χ3v) is 4.20. The van der Waals surface area contributed by atoms with Crippen LogP contribution in [-0.4, -0.2) is 21.0 Å². The van der Waals surface area contributed by atoms with Crippen LogP contribution in [0.2, 0.25) is 5.02 Å². The van der Waals surface area contributed by atoms with Crippen molar-refractivity contribution in [1.82, 2.24) is 14.8 Å². The first-order valence-electron chi connectivity index (χ1n) is 6.62. The summed E-state index contributed by atoms with van der Waals surface area (Å²) in [4.78, 5) is 17.2. The molecule has 2 aromatic heterocycles. The maximum atomic E-state index is 11.9. The summed E-state index contributed by atoms with van der Waals surface area (Å²) in [6, 6.07) is 7.37. The van der Waals surface area contributed by atoms with Crippen molar-refractivity contribution in [2.75, 3.05) is 0 Å². The number of fused-ring (bicyclic) bond motifs is 1. The first-order valence-corrected chi connectivity index (χ1v) is 7.88. The van der Waals surface area contributed by atoms with Crippen LogP contribution in [0.3, 0.4) is 0 Å². The maximum absolute atomic E-state index is 11.9. The van der Waals surface area contributed by atoms with Gasteiger partial charge in [0, 0.05) is 28.4 Å². The van der Waals surface area contributed by atoms with Gasteiger partial charge in [-0.2, -0.15) is 5.10 Å². The van der Waals surface area contributed by atoms with Crippen molar-refractivity contribution in [3.63, 3.8) is 0 Å². The normalized spacial score (nSPS) is 11.8. The number of nitrogens with zero attached hydrogens (tertiary/aromatic N) is 3. The Labute approximate surface area is 136 Å². The minimum absolute atomic E-state index is 0.188. The quantitative estimate of drug-likeness (QED) is 0.589. The second-order valence-corrected chi connectivity index (χ2v) is 5.99. The second-order valence-electron chi connectivity index (χ2n) is 4.71. The van der Waals surface area contributed by atoms with Crippen LogP contribution in [0, 0.1) is 0 Å². The van der Waals surface area contributed by atoms with Crippen LogP contribution in [0.4, 0.5) is 0 Å². The summed E-state index contributed by atoms with van der Waals surface area (Å²) in [6.45, 7) is 1.80. The van der Waals surface area contributed by atoms with E-state index in [-0.39, 0.29) is 12.3 Å². The van der Waals surface area contributed by atoms with Gasteiger partial charge in [-0.05, 0) is 13.0 Å². The van der Waals surface area contributed by atoms with Gasteiger partial charge in [0.25, 0.3) is 0 Å². The van der Waals surface area contributed by atoms with Gasteiger partial charge >= 0.3 is 0 Å². The SMILES string of the molecule is C/C(=N\NC(=O)Cc1cn2ccsc2n1)c1ccccc1Cl. The lowest BCUT2D eigenvalue weighted by Crippen LogP contribution is -2.21. The van der Waals surface area contributed by atoms with E-state index in [4.69, 9.17) is 11.6 Å². The highest BCUT2D eigenvalue weighted by atomic mass is 35.5. The lowest BCUT2D eigenvalue weighted by molar-refractivity contribution is -0.120. The smallest absolute Gasteiger partial charge is 0.246 e. The zero-order chi connectivity index (χ0) is 15.5. The van der Waals surface area contributed by atoms with Crippen LogP contribution in [0.5, 0.6) is 0 Å². The third-order valence-electron chi connectivity index (χ3n) is 3.10. The molecule has 7 heteroatoms. The van der Waals surface area contributed by atoms with Gasteiger partial charge in [0.2, 0.25) is 5.91 Å². The Hall–Kier alpha value is -2.18. The molecule has 0 saturated carbocycles. The number of imidazole rings is 1. The molecule has 0 radical (unpaired) electrons. The largest absolute Gasteiger partial charge is 0.297 e.